The number of nitrogens with two attached hydrogens (primary N) is 1. The first-order valence-corrected chi connectivity index (χ1v) is 3.63. The minimum absolute atomic E-state index is 0.292. The van der Waals surface area contributed by atoms with Crippen molar-refractivity contribution in [2.24, 2.45) is 5.73 Å². The smallest absolute Gasteiger partial charge is 0.124 e. The first-order valence-electron chi connectivity index (χ1n) is 3.22. The van der Waals surface area contributed by atoms with E-state index in [1.165, 1.54) is 0 Å². The van der Waals surface area contributed by atoms with Gasteiger partial charge in [-0.25, -0.2) is 0 Å². The lowest BCUT2D eigenvalue weighted by molar-refractivity contribution is 0.952. The Labute approximate surface area is 70.6 Å². The maximum absolute atomic E-state index is 5.36. The monoisotopic (exact) mass is 167 g/mol. The van der Waals surface area contributed by atoms with Crippen molar-refractivity contribution in [3.63, 3.8) is 0 Å². The second-order valence-electron chi connectivity index (χ2n) is 2.36. The third-order valence-corrected chi connectivity index (χ3v) is 1.69. The Bertz CT molecular complexity index is 296. The Balaban J connectivity index is 3.15. The lowest BCUT2D eigenvalue weighted by atomic mass is 10.2. The predicted octanol–water partition coefficient (Wildman–Crippen LogP) is 0.728. The molecular formula is C7H9N3S. The lowest BCUT2D eigenvalue weighted by Gasteiger charge is -1.99. The van der Waals surface area contributed by atoms with Crippen molar-refractivity contribution in [3.8, 4) is 0 Å². The van der Waals surface area contributed by atoms with Gasteiger partial charge < -0.3 is 5.73 Å². The highest BCUT2D eigenvalue weighted by atomic mass is 32.1. The third-order valence-electron chi connectivity index (χ3n) is 1.48. The molecule has 0 radical (unpaired) electrons. The molecule has 0 unspecified atom stereocenters. The molecule has 3 nitrogen and oxygen atoms in total. The molecule has 0 amide bonds. The Morgan fingerprint density at radius 1 is 1.45 bits per heavy atom. The number of hydrogen-bond donors (Lipinski definition) is 1. The molecule has 1 aromatic heterocycles. The van der Waals surface area contributed by atoms with E-state index in [0.717, 1.165) is 11.3 Å². The van der Waals surface area contributed by atoms with E-state index in [1.54, 1.807) is 0 Å². The molecule has 0 aliphatic carbocycles. The van der Waals surface area contributed by atoms with Gasteiger partial charge in [0.25, 0.3) is 0 Å². The second-order valence-corrected chi connectivity index (χ2v) is 2.80. The van der Waals surface area contributed by atoms with Crippen molar-refractivity contribution in [2.75, 3.05) is 0 Å². The van der Waals surface area contributed by atoms with Gasteiger partial charge in [-0.3, -0.25) is 0 Å². The van der Waals surface area contributed by atoms with Crippen LogP contribution >= 0.6 is 12.2 Å². The summed E-state index contributed by atoms with van der Waals surface area (Å²) in [7, 11) is 0. The maximum atomic E-state index is 5.36. The number of aryl methyl sites for hydroxylation is 2. The summed E-state index contributed by atoms with van der Waals surface area (Å²) in [5, 5.41) is 7.70. The standard InChI is InChI=1S/C7H9N3S/c1-4-3-6(7(8)11)10-9-5(4)2/h3H,1-2H3,(H2,8,11). The van der Waals surface area contributed by atoms with Crippen LogP contribution in [0.15, 0.2) is 6.07 Å². The Morgan fingerprint density at radius 3 is 2.55 bits per heavy atom. The van der Waals surface area contributed by atoms with Gasteiger partial charge in [-0.1, -0.05) is 12.2 Å². The van der Waals surface area contributed by atoms with Crippen molar-refractivity contribution in [1.29, 1.82) is 0 Å². The highest BCUT2D eigenvalue weighted by Gasteiger charge is 2.00. The fraction of sp³-hybridized carbons (Fsp3) is 0.286. The molecular weight excluding hydrogens is 158 g/mol. The summed E-state index contributed by atoms with van der Waals surface area (Å²) in [6.45, 7) is 3.84. The van der Waals surface area contributed by atoms with Crippen LogP contribution in [0.2, 0.25) is 0 Å². The summed E-state index contributed by atoms with van der Waals surface area (Å²) in [4.78, 5) is 0.292. The topological polar surface area (TPSA) is 51.8 Å². The first-order chi connectivity index (χ1) is 5.11. The van der Waals surface area contributed by atoms with E-state index in [1.807, 2.05) is 19.9 Å². The van der Waals surface area contributed by atoms with E-state index in [4.69, 9.17) is 18.0 Å². The summed E-state index contributed by atoms with van der Waals surface area (Å²) in [6, 6.07) is 1.84. The summed E-state index contributed by atoms with van der Waals surface area (Å²) in [6.07, 6.45) is 0. The molecule has 0 aromatic carbocycles. The Hall–Kier alpha value is -1.03. The van der Waals surface area contributed by atoms with Crippen LogP contribution in [-0.2, 0) is 0 Å². The second kappa shape index (κ2) is 2.92. The van der Waals surface area contributed by atoms with Gasteiger partial charge in [-0.2, -0.15) is 5.10 Å². The van der Waals surface area contributed by atoms with Gasteiger partial charge in [0.2, 0.25) is 0 Å². The lowest BCUT2D eigenvalue weighted by Crippen LogP contribution is -2.13. The van der Waals surface area contributed by atoms with Crippen LogP contribution in [0, 0.1) is 13.8 Å². The molecule has 0 atom stereocenters. The molecule has 58 valence electrons. The number of nitrogens with zero attached hydrogens (tertiary/aromatic N) is 2. The SMILES string of the molecule is Cc1cc(C(N)=S)nnc1C. The van der Waals surface area contributed by atoms with Gasteiger partial charge in [0.05, 0.1) is 5.69 Å². The van der Waals surface area contributed by atoms with E-state index in [9.17, 15) is 0 Å². The zero-order chi connectivity index (χ0) is 8.43. The highest BCUT2D eigenvalue weighted by molar-refractivity contribution is 7.80. The summed E-state index contributed by atoms with van der Waals surface area (Å²) >= 11 is 4.74. The van der Waals surface area contributed by atoms with Gasteiger partial charge in [0.15, 0.2) is 0 Å². The van der Waals surface area contributed by atoms with Crippen LogP contribution in [0.4, 0.5) is 0 Å². The first kappa shape index (κ1) is 8.07. The molecule has 4 heteroatoms. The van der Waals surface area contributed by atoms with Crippen molar-refractivity contribution in [1.82, 2.24) is 10.2 Å². The van der Waals surface area contributed by atoms with Crippen molar-refractivity contribution in [2.45, 2.75) is 13.8 Å². The molecule has 0 aliphatic rings. The number of rotatable bonds is 1. The average Bonchev–Trinajstić information content (AvgIpc) is 1.94. The largest absolute Gasteiger partial charge is 0.388 e. The zero-order valence-corrected chi connectivity index (χ0v) is 7.27. The van der Waals surface area contributed by atoms with Crippen LogP contribution in [0.3, 0.4) is 0 Å². The van der Waals surface area contributed by atoms with Crippen LogP contribution in [0.5, 0.6) is 0 Å². The van der Waals surface area contributed by atoms with Crippen molar-refractivity contribution in [3.05, 3.63) is 23.0 Å². The minimum Gasteiger partial charge on any atom is -0.388 e. The minimum atomic E-state index is 0.292. The molecule has 2 N–H and O–H groups in total. The van der Waals surface area contributed by atoms with Crippen LogP contribution in [-0.4, -0.2) is 15.2 Å². The number of aromatic nitrogens is 2. The van der Waals surface area contributed by atoms with Gasteiger partial charge in [0, 0.05) is 0 Å². The molecule has 0 aliphatic heterocycles. The zero-order valence-electron chi connectivity index (χ0n) is 6.46. The number of hydrogen-bond acceptors (Lipinski definition) is 3. The average molecular weight is 167 g/mol. The van der Waals surface area contributed by atoms with Gasteiger partial charge in [-0.15, -0.1) is 5.10 Å². The van der Waals surface area contributed by atoms with E-state index in [2.05, 4.69) is 10.2 Å². The third kappa shape index (κ3) is 1.71. The molecule has 1 heterocycles. The molecule has 1 rings (SSSR count). The van der Waals surface area contributed by atoms with Crippen LogP contribution in [0.1, 0.15) is 17.0 Å². The summed E-state index contributed by atoms with van der Waals surface area (Å²) < 4.78 is 0. The van der Waals surface area contributed by atoms with E-state index < -0.39 is 0 Å². The summed E-state index contributed by atoms with van der Waals surface area (Å²) in [5.74, 6) is 0. The van der Waals surface area contributed by atoms with E-state index in [0.29, 0.717) is 10.7 Å². The molecule has 11 heavy (non-hydrogen) atoms. The quantitative estimate of drug-likeness (QED) is 0.626. The van der Waals surface area contributed by atoms with Crippen molar-refractivity contribution >= 4 is 17.2 Å². The number of thiocarbonyl (C=S) groups is 1. The Kier molecular flexibility index (Phi) is 2.14. The van der Waals surface area contributed by atoms with Crippen molar-refractivity contribution < 1.29 is 0 Å². The molecule has 0 spiro atoms. The van der Waals surface area contributed by atoms with Gasteiger partial charge in [-0.05, 0) is 25.5 Å². The van der Waals surface area contributed by atoms with Gasteiger partial charge in [0.1, 0.15) is 10.7 Å². The molecule has 0 saturated carbocycles. The molecule has 0 saturated heterocycles. The highest BCUT2D eigenvalue weighted by Crippen LogP contribution is 2.02. The van der Waals surface area contributed by atoms with E-state index >= 15 is 0 Å². The molecule has 1 aromatic rings. The molecule has 0 fully saturated rings. The van der Waals surface area contributed by atoms with Crippen LogP contribution in [0.25, 0.3) is 0 Å². The maximum Gasteiger partial charge on any atom is 0.124 e. The summed E-state index contributed by atoms with van der Waals surface area (Å²) in [5.41, 5.74) is 7.91. The Morgan fingerprint density at radius 2 is 2.09 bits per heavy atom. The molecule has 0 bridgehead atoms. The van der Waals surface area contributed by atoms with E-state index in [-0.39, 0.29) is 0 Å². The fourth-order valence-corrected chi connectivity index (χ4v) is 0.766. The van der Waals surface area contributed by atoms with Crippen LogP contribution < -0.4 is 5.73 Å². The normalized spacial score (nSPS) is 9.64. The van der Waals surface area contributed by atoms with Gasteiger partial charge >= 0.3 is 0 Å². The predicted molar refractivity (Wildman–Crippen MR) is 47.4 cm³/mol. The fourth-order valence-electron chi connectivity index (χ4n) is 0.667.